The van der Waals surface area contributed by atoms with Gasteiger partial charge < -0.3 is 10.0 Å². The molecule has 0 saturated carbocycles. The lowest BCUT2D eigenvalue weighted by Gasteiger charge is -2.22. The number of H-pyrrole nitrogens is 1. The minimum atomic E-state index is -0.511. The van der Waals surface area contributed by atoms with E-state index >= 15 is 0 Å². The second-order valence-corrected chi connectivity index (χ2v) is 7.87. The Morgan fingerprint density at radius 1 is 1.10 bits per heavy atom. The normalized spacial score (nSPS) is 14.5. The third-order valence-corrected chi connectivity index (χ3v) is 5.64. The number of nitrogens with zero attached hydrogens (tertiary/aromatic N) is 2. The van der Waals surface area contributed by atoms with Crippen molar-refractivity contribution in [1.29, 1.82) is 0 Å². The average Bonchev–Trinajstić information content (AvgIpc) is 3.48. The summed E-state index contributed by atoms with van der Waals surface area (Å²) < 4.78 is 13.6. The quantitative estimate of drug-likeness (QED) is 0.565. The number of carbonyl (C=O) groups excluding carboxylic acids is 2. The smallest absolute Gasteiger partial charge is 0.226 e. The topological polar surface area (TPSA) is 86.3 Å². The van der Waals surface area contributed by atoms with Crippen LogP contribution in [0.4, 0.5) is 4.39 Å². The Kier molecular flexibility index (Phi) is 6.11. The van der Waals surface area contributed by atoms with E-state index in [0.29, 0.717) is 6.42 Å². The Morgan fingerprint density at radius 2 is 1.84 bits per heavy atom. The van der Waals surface area contributed by atoms with E-state index in [1.165, 1.54) is 12.1 Å². The van der Waals surface area contributed by atoms with Crippen molar-refractivity contribution in [2.45, 2.75) is 25.7 Å². The van der Waals surface area contributed by atoms with Crippen LogP contribution in [-0.2, 0) is 11.2 Å². The molecule has 1 saturated heterocycles. The molecule has 2 heterocycles. The molecule has 31 heavy (non-hydrogen) atoms. The number of phenols is 1. The highest BCUT2D eigenvalue weighted by Gasteiger charge is 2.29. The first kappa shape index (κ1) is 20.8. The van der Waals surface area contributed by atoms with Gasteiger partial charge in [-0.05, 0) is 49.1 Å². The van der Waals surface area contributed by atoms with Crippen molar-refractivity contribution < 1.29 is 19.1 Å². The molecule has 2 aromatic carbocycles. The second-order valence-electron chi connectivity index (χ2n) is 7.87. The summed E-state index contributed by atoms with van der Waals surface area (Å²) in [5.74, 6) is -1.36. The van der Waals surface area contributed by atoms with Crippen LogP contribution in [0.5, 0.6) is 5.75 Å². The number of ketones is 1. The minimum Gasteiger partial charge on any atom is -0.507 e. The maximum atomic E-state index is 13.6. The summed E-state index contributed by atoms with van der Waals surface area (Å²) in [6.07, 6.45) is 2.49. The minimum absolute atomic E-state index is 0.00258. The molecule has 1 unspecified atom stereocenters. The SMILES string of the molecule is O=C(CC(Cc1ccccc1)C(=O)N1CCCC1)c1cc(-c2cc(F)ccc2O)n[nH]1. The highest BCUT2D eigenvalue weighted by Crippen LogP contribution is 2.29. The Balaban J connectivity index is 1.53. The van der Waals surface area contributed by atoms with Gasteiger partial charge in [0.15, 0.2) is 5.78 Å². The van der Waals surface area contributed by atoms with Crippen molar-refractivity contribution in [3.05, 3.63) is 71.7 Å². The zero-order valence-corrected chi connectivity index (χ0v) is 17.1. The molecule has 3 aromatic rings. The summed E-state index contributed by atoms with van der Waals surface area (Å²) in [5.41, 5.74) is 1.70. The van der Waals surface area contributed by atoms with Gasteiger partial charge in [-0.3, -0.25) is 14.7 Å². The first-order chi connectivity index (χ1) is 15.0. The van der Waals surface area contributed by atoms with Gasteiger partial charge in [-0.15, -0.1) is 0 Å². The fourth-order valence-corrected chi connectivity index (χ4v) is 3.99. The molecule has 0 bridgehead atoms. The van der Waals surface area contributed by atoms with E-state index in [1.807, 2.05) is 35.2 Å². The Morgan fingerprint density at radius 3 is 2.58 bits per heavy atom. The van der Waals surface area contributed by atoms with Crippen LogP contribution in [0.15, 0.2) is 54.6 Å². The van der Waals surface area contributed by atoms with E-state index in [4.69, 9.17) is 0 Å². The van der Waals surface area contributed by atoms with E-state index in [1.54, 1.807) is 0 Å². The highest BCUT2D eigenvalue weighted by atomic mass is 19.1. The first-order valence-corrected chi connectivity index (χ1v) is 10.4. The van der Waals surface area contributed by atoms with E-state index in [0.717, 1.165) is 43.6 Å². The highest BCUT2D eigenvalue weighted by molar-refractivity contribution is 5.98. The lowest BCUT2D eigenvalue weighted by atomic mass is 9.92. The maximum absolute atomic E-state index is 13.6. The maximum Gasteiger partial charge on any atom is 0.226 e. The largest absolute Gasteiger partial charge is 0.507 e. The zero-order chi connectivity index (χ0) is 21.8. The number of benzene rings is 2. The molecule has 6 nitrogen and oxygen atoms in total. The van der Waals surface area contributed by atoms with Crippen LogP contribution in [0.25, 0.3) is 11.3 Å². The molecule has 2 N–H and O–H groups in total. The number of aromatic amines is 1. The monoisotopic (exact) mass is 421 g/mol. The number of halogens is 1. The Bertz CT molecular complexity index is 1070. The van der Waals surface area contributed by atoms with E-state index in [-0.39, 0.29) is 40.8 Å². The number of aromatic nitrogens is 2. The fourth-order valence-electron chi connectivity index (χ4n) is 3.99. The van der Waals surface area contributed by atoms with Crippen molar-refractivity contribution in [2.24, 2.45) is 5.92 Å². The van der Waals surface area contributed by atoms with Crippen molar-refractivity contribution >= 4 is 11.7 Å². The van der Waals surface area contributed by atoms with E-state index in [9.17, 15) is 19.1 Å². The van der Waals surface area contributed by atoms with Crippen LogP contribution < -0.4 is 0 Å². The predicted octanol–water partition coefficient (Wildman–Crippen LogP) is 3.98. The molecular formula is C24H24FN3O3. The van der Waals surface area contributed by atoms with Crippen molar-refractivity contribution in [3.8, 4) is 17.0 Å². The Labute approximate surface area is 179 Å². The molecule has 0 aliphatic carbocycles. The number of hydrogen-bond donors (Lipinski definition) is 2. The summed E-state index contributed by atoms with van der Waals surface area (Å²) in [7, 11) is 0. The molecule has 160 valence electrons. The van der Waals surface area contributed by atoms with Gasteiger partial charge in [-0.25, -0.2) is 4.39 Å². The average molecular weight is 421 g/mol. The van der Waals surface area contributed by atoms with Crippen LogP contribution in [0, 0.1) is 11.7 Å². The number of nitrogens with one attached hydrogen (secondary N) is 1. The molecule has 1 aliphatic heterocycles. The number of amides is 1. The third-order valence-electron chi connectivity index (χ3n) is 5.64. The van der Waals surface area contributed by atoms with Crippen LogP contribution in [0.2, 0.25) is 0 Å². The summed E-state index contributed by atoms with van der Waals surface area (Å²) >= 11 is 0. The van der Waals surface area contributed by atoms with Gasteiger partial charge in [-0.1, -0.05) is 30.3 Å². The number of likely N-dealkylation sites (tertiary alicyclic amines) is 1. The summed E-state index contributed by atoms with van der Waals surface area (Å²) in [6.45, 7) is 1.46. The van der Waals surface area contributed by atoms with E-state index < -0.39 is 11.7 Å². The van der Waals surface area contributed by atoms with Crippen LogP contribution in [0.3, 0.4) is 0 Å². The molecule has 0 spiro atoms. The number of rotatable bonds is 7. The van der Waals surface area contributed by atoms with Crippen LogP contribution >= 0.6 is 0 Å². The molecule has 7 heteroatoms. The molecule has 1 fully saturated rings. The van der Waals surface area contributed by atoms with Gasteiger partial charge in [0, 0.05) is 31.0 Å². The summed E-state index contributed by atoms with van der Waals surface area (Å²) in [5, 5.41) is 16.7. The fraction of sp³-hybridized carbons (Fsp3) is 0.292. The summed E-state index contributed by atoms with van der Waals surface area (Å²) in [4.78, 5) is 27.9. The van der Waals surface area contributed by atoms with Gasteiger partial charge >= 0.3 is 0 Å². The van der Waals surface area contributed by atoms with Crippen molar-refractivity contribution in [2.75, 3.05) is 13.1 Å². The standard InChI is InChI=1S/C24H24FN3O3/c25-18-8-9-22(29)19(14-18)20-15-21(27-26-20)23(30)13-17(12-16-6-2-1-3-7-16)24(31)28-10-4-5-11-28/h1-3,6-9,14-15,17,29H,4-5,10-13H2,(H,26,27). The predicted molar refractivity (Wildman–Crippen MR) is 114 cm³/mol. The van der Waals surface area contributed by atoms with Crippen molar-refractivity contribution in [1.82, 2.24) is 15.1 Å². The number of carbonyl (C=O) groups is 2. The third kappa shape index (κ3) is 4.82. The molecule has 1 amide bonds. The first-order valence-electron chi connectivity index (χ1n) is 10.4. The second kappa shape index (κ2) is 9.12. The van der Waals surface area contributed by atoms with Gasteiger partial charge in [0.25, 0.3) is 0 Å². The van der Waals surface area contributed by atoms with Gasteiger partial charge in [0.1, 0.15) is 17.3 Å². The Hall–Kier alpha value is -3.48. The molecule has 4 rings (SSSR count). The number of aromatic hydroxyl groups is 1. The lowest BCUT2D eigenvalue weighted by Crippen LogP contribution is -2.36. The van der Waals surface area contributed by atoms with Gasteiger partial charge in [-0.2, -0.15) is 5.10 Å². The summed E-state index contributed by atoms with van der Waals surface area (Å²) in [6, 6.07) is 14.7. The van der Waals surface area contributed by atoms with E-state index in [2.05, 4.69) is 10.2 Å². The number of phenolic OH excluding ortho intramolecular Hbond substituents is 1. The van der Waals surface area contributed by atoms with Gasteiger partial charge in [0.2, 0.25) is 5.91 Å². The molecular weight excluding hydrogens is 397 g/mol. The molecule has 1 aliphatic rings. The molecule has 0 radical (unpaired) electrons. The van der Waals surface area contributed by atoms with Crippen molar-refractivity contribution in [3.63, 3.8) is 0 Å². The molecule has 1 aromatic heterocycles. The van der Waals surface area contributed by atoms with Crippen LogP contribution in [0.1, 0.15) is 35.3 Å². The number of Topliss-reactive ketones (excluding diaryl/α,β-unsaturated/α-hetero) is 1. The molecule has 1 atom stereocenters. The van der Waals surface area contributed by atoms with Gasteiger partial charge in [0.05, 0.1) is 5.69 Å². The number of hydrogen-bond acceptors (Lipinski definition) is 4. The zero-order valence-electron chi connectivity index (χ0n) is 17.1. The van der Waals surface area contributed by atoms with Crippen LogP contribution in [-0.4, -0.2) is 45.0 Å². The lowest BCUT2D eigenvalue weighted by molar-refractivity contribution is -0.134.